The monoisotopic (exact) mass is 534 g/mol. The second-order valence-electron chi connectivity index (χ2n) is 12.0. The van der Waals surface area contributed by atoms with Crippen molar-refractivity contribution in [1.29, 1.82) is 0 Å². The van der Waals surface area contributed by atoms with Crippen molar-refractivity contribution in [2.45, 2.75) is 116 Å². The van der Waals surface area contributed by atoms with E-state index in [9.17, 15) is 22.0 Å². The van der Waals surface area contributed by atoms with Crippen molar-refractivity contribution in [1.82, 2.24) is 0 Å². The molecule has 0 unspecified atom stereocenters. The Labute approximate surface area is 225 Å². The molecule has 2 fully saturated rings. The van der Waals surface area contributed by atoms with E-state index in [0.29, 0.717) is 5.56 Å². The minimum Gasteiger partial charge on any atom is -0.207 e. The molecule has 0 amide bonds. The van der Waals surface area contributed by atoms with Crippen LogP contribution in [-0.4, -0.2) is 0 Å². The summed E-state index contributed by atoms with van der Waals surface area (Å²) in [5.41, 5.74) is 0.785. The molecule has 4 rings (SSSR count). The van der Waals surface area contributed by atoms with Crippen LogP contribution in [-0.2, 0) is 12.8 Å². The Morgan fingerprint density at radius 2 is 1.05 bits per heavy atom. The molecule has 0 nitrogen and oxygen atoms in total. The van der Waals surface area contributed by atoms with Crippen molar-refractivity contribution in [3.05, 3.63) is 70.0 Å². The Hall–Kier alpha value is -1.91. The van der Waals surface area contributed by atoms with Crippen molar-refractivity contribution in [2.24, 2.45) is 17.8 Å². The molecule has 210 valence electrons. The van der Waals surface area contributed by atoms with Crippen LogP contribution in [0.4, 0.5) is 22.0 Å². The predicted octanol–water partition coefficient (Wildman–Crippen LogP) is 10.6. The van der Waals surface area contributed by atoms with E-state index < -0.39 is 29.1 Å². The summed E-state index contributed by atoms with van der Waals surface area (Å²) < 4.78 is 69.7. The third-order valence-electron chi connectivity index (χ3n) is 9.33. The van der Waals surface area contributed by atoms with Crippen LogP contribution in [0.15, 0.2) is 24.3 Å². The number of halogens is 5. The summed E-state index contributed by atoms with van der Waals surface area (Å²) in [7, 11) is 0. The van der Waals surface area contributed by atoms with Gasteiger partial charge in [-0.25, -0.2) is 22.0 Å². The molecule has 0 heterocycles. The second-order valence-corrected chi connectivity index (χ2v) is 12.0. The molecule has 0 atom stereocenters. The predicted molar refractivity (Wildman–Crippen MR) is 144 cm³/mol. The van der Waals surface area contributed by atoms with Gasteiger partial charge in [-0.1, -0.05) is 71.1 Å². The lowest BCUT2D eigenvalue weighted by Crippen LogP contribution is -2.15. The molecule has 0 spiro atoms. The molecule has 0 saturated heterocycles. The van der Waals surface area contributed by atoms with Crippen molar-refractivity contribution in [3.63, 3.8) is 0 Å². The summed E-state index contributed by atoms with van der Waals surface area (Å²) in [4.78, 5) is 0. The first kappa shape index (κ1) is 29.1. The SMILES string of the molecule is CCC[C@H]1CC[C@H](CCCC[C@H]2CC[C@H](c3cc(F)c(CCc4cc(F)c(F)c(F)c4)c(F)c3)CC2)CC1. The fourth-order valence-electron chi connectivity index (χ4n) is 6.99. The zero-order valence-corrected chi connectivity index (χ0v) is 22.8. The Balaban J connectivity index is 1.19. The fourth-order valence-corrected chi connectivity index (χ4v) is 6.99. The van der Waals surface area contributed by atoms with Gasteiger partial charge in [-0.2, -0.15) is 0 Å². The molecule has 38 heavy (non-hydrogen) atoms. The number of aryl methyl sites for hydroxylation is 1. The number of hydrogen-bond donors (Lipinski definition) is 0. The van der Waals surface area contributed by atoms with E-state index >= 15 is 0 Å². The maximum Gasteiger partial charge on any atom is 0.194 e. The first-order valence-corrected chi connectivity index (χ1v) is 14.9. The van der Waals surface area contributed by atoms with Crippen LogP contribution in [0.25, 0.3) is 0 Å². The van der Waals surface area contributed by atoms with Gasteiger partial charge < -0.3 is 0 Å². The standard InChI is InChI=1S/C33H43F5/c1-2-5-22-8-10-23(11-9-22)6-3-4-7-24-12-15-26(16-13-24)27-20-29(34)28(30(35)21-27)17-14-25-18-31(36)33(38)32(37)19-25/h18-24,26H,2-17H2,1H3/t22-,23-,24-,26-. The van der Waals surface area contributed by atoms with Gasteiger partial charge in [0, 0.05) is 5.56 Å². The second kappa shape index (κ2) is 13.9. The molecule has 0 N–H and O–H groups in total. The molecular formula is C33H43F5. The highest BCUT2D eigenvalue weighted by molar-refractivity contribution is 5.30. The molecule has 2 saturated carbocycles. The Bertz CT molecular complexity index is 986. The Kier molecular flexibility index (Phi) is 10.7. The normalized spacial score (nSPS) is 24.1. The Morgan fingerprint density at radius 3 is 1.55 bits per heavy atom. The smallest absolute Gasteiger partial charge is 0.194 e. The van der Waals surface area contributed by atoms with Gasteiger partial charge in [0.1, 0.15) is 11.6 Å². The van der Waals surface area contributed by atoms with E-state index in [1.807, 2.05) is 0 Å². The first-order valence-electron chi connectivity index (χ1n) is 14.9. The third-order valence-corrected chi connectivity index (χ3v) is 9.33. The van der Waals surface area contributed by atoms with Gasteiger partial charge in [0.25, 0.3) is 0 Å². The highest BCUT2D eigenvalue weighted by atomic mass is 19.2. The number of benzene rings is 2. The summed E-state index contributed by atoms with van der Waals surface area (Å²) in [5, 5.41) is 0. The lowest BCUT2D eigenvalue weighted by Gasteiger charge is -2.30. The summed E-state index contributed by atoms with van der Waals surface area (Å²) in [5.74, 6) is -2.56. The maximum absolute atomic E-state index is 14.8. The summed E-state index contributed by atoms with van der Waals surface area (Å²) in [6.07, 6.45) is 17.8. The van der Waals surface area contributed by atoms with E-state index in [1.54, 1.807) is 0 Å². The molecular weight excluding hydrogens is 491 g/mol. The fraction of sp³-hybridized carbons (Fsp3) is 0.636. The Morgan fingerprint density at radius 1 is 0.579 bits per heavy atom. The highest BCUT2D eigenvalue weighted by Crippen LogP contribution is 2.39. The summed E-state index contributed by atoms with van der Waals surface area (Å²) >= 11 is 0. The number of unbranched alkanes of at least 4 members (excludes halogenated alkanes) is 1. The van der Waals surface area contributed by atoms with Crippen molar-refractivity contribution in [3.8, 4) is 0 Å². The van der Waals surface area contributed by atoms with Crippen LogP contribution < -0.4 is 0 Å². The molecule has 0 aromatic heterocycles. The average molecular weight is 535 g/mol. The molecule has 0 aliphatic heterocycles. The van der Waals surface area contributed by atoms with E-state index in [0.717, 1.165) is 55.6 Å². The zero-order valence-electron chi connectivity index (χ0n) is 22.8. The molecule has 2 aromatic rings. The van der Waals surface area contributed by atoms with E-state index in [2.05, 4.69) is 6.92 Å². The van der Waals surface area contributed by atoms with Crippen LogP contribution in [0, 0.1) is 46.8 Å². The van der Waals surface area contributed by atoms with Gasteiger partial charge in [0.2, 0.25) is 0 Å². The van der Waals surface area contributed by atoms with E-state index in [4.69, 9.17) is 0 Å². The molecule has 0 bridgehead atoms. The van der Waals surface area contributed by atoms with Crippen molar-refractivity contribution < 1.29 is 22.0 Å². The van der Waals surface area contributed by atoms with Crippen LogP contribution >= 0.6 is 0 Å². The van der Waals surface area contributed by atoms with Crippen LogP contribution in [0.5, 0.6) is 0 Å². The molecule has 2 aromatic carbocycles. The summed E-state index contributed by atoms with van der Waals surface area (Å²) in [6, 6.07) is 4.62. The van der Waals surface area contributed by atoms with Crippen molar-refractivity contribution in [2.75, 3.05) is 0 Å². The molecule has 2 aliphatic carbocycles. The number of rotatable bonds is 11. The van der Waals surface area contributed by atoms with Gasteiger partial charge in [-0.3, -0.25) is 0 Å². The lowest BCUT2D eigenvalue weighted by molar-refractivity contribution is 0.243. The van der Waals surface area contributed by atoms with Gasteiger partial charge in [0.05, 0.1) is 0 Å². The lowest BCUT2D eigenvalue weighted by atomic mass is 9.76. The molecule has 5 heteroatoms. The van der Waals surface area contributed by atoms with Crippen LogP contribution in [0.3, 0.4) is 0 Å². The summed E-state index contributed by atoms with van der Waals surface area (Å²) in [6.45, 7) is 2.29. The van der Waals surface area contributed by atoms with Gasteiger partial charge in [-0.15, -0.1) is 0 Å². The highest BCUT2D eigenvalue weighted by Gasteiger charge is 2.25. The molecule has 2 aliphatic rings. The van der Waals surface area contributed by atoms with Crippen LogP contribution in [0.2, 0.25) is 0 Å². The van der Waals surface area contributed by atoms with Gasteiger partial charge in [0.15, 0.2) is 17.5 Å². The van der Waals surface area contributed by atoms with Gasteiger partial charge in [-0.05, 0) is 97.6 Å². The van der Waals surface area contributed by atoms with E-state index in [1.165, 1.54) is 76.3 Å². The zero-order chi connectivity index (χ0) is 27.1. The van der Waals surface area contributed by atoms with E-state index in [-0.39, 0.29) is 29.9 Å². The van der Waals surface area contributed by atoms with Crippen LogP contribution in [0.1, 0.15) is 119 Å². The minimum atomic E-state index is -1.54. The third kappa shape index (κ3) is 7.82. The largest absolute Gasteiger partial charge is 0.207 e. The van der Waals surface area contributed by atoms with Crippen molar-refractivity contribution >= 4 is 0 Å². The topological polar surface area (TPSA) is 0 Å². The molecule has 0 radical (unpaired) electrons. The first-order chi connectivity index (χ1) is 18.3. The average Bonchev–Trinajstić information content (AvgIpc) is 2.90. The van der Waals surface area contributed by atoms with Gasteiger partial charge >= 0.3 is 0 Å². The minimum absolute atomic E-state index is 0.0204. The quantitative estimate of drug-likeness (QED) is 0.153. The number of hydrogen-bond acceptors (Lipinski definition) is 0. The maximum atomic E-state index is 14.8.